The molecule has 21 heavy (non-hydrogen) atoms. The molecule has 0 saturated carbocycles. The third-order valence-corrected chi connectivity index (χ3v) is 3.83. The van der Waals surface area contributed by atoms with Gasteiger partial charge in [-0.05, 0) is 37.6 Å². The second-order valence-corrected chi connectivity index (χ2v) is 5.46. The lowest BCUT2D eigenvalue weighted by Gasteiger charge is -2.07. The van der Waals surface area contributed by atoms with Crippen LogP contribution in [0.25, 0.3) is 10.6 Å². The minimum Gasteiger partial charge on any atom is -0.385 e. The van der Waals surface area contributed by atoms with Gasteiger partial charge in [0.05, 0.1) is 0 Å². The Kier molecular flexibility index (Phi) is 5.71. The molecule has 112 valence electrons. The zero-order valence-corrected chi connectivity index (χ0v) is 13.0. The molecule has 2 rings (SSSR count). The first kappa shape index (κ1) is 15.5. The van der Waals surface area contributed by atoms with E-state index in [4.69, 9.17) is 4.74 Å². The van der Waals surface area contributed by atoms with Crippen LogP contribution in [-0.4, -0.2) is 31.3 Å². The lowest BCUT2D eigenvalue weighted by Crippen LogP contribution is -2.29. The molecule has 0 radical (unpaired) electrons. The fourth-order valence-corrected chi connectivity index (χ4v) is 2.58. The highest BCUT2D eigenvalue weighted by atomic mass is 32.1. The van der Waals surface area contributed by atoms with Crippen LogP contribution in [0.15, 0.2) is 29.6 Å². The molecule has 1 aromatic carbocycles. The van der Waals surface area contributed by atoms with E-state index >= 15 is 0 Å². The van der Waals surface area contributed by atoms with Crippen molar-refractivity contribution >= 4 is 23.1 Å². The molecule has 2 amide bonds. The van der Waals surface area contributed by atoms with Crippen LogP contribution in [0, 0.1) is 6.92 Å². The third kappa shape index (κ3) is 4.84. The fourth-order valence-electron chi connectivity index (χ4n) is 1.78. The summed E-state index contributed by atoms with van der Waals surface area (Å²) < 4.78 is 4.92. The van der Waals surface area contributed by atoms with Gasteiger partial charge >= 0.3 is 6.03 Å². The van der Waals surface area contributed by atoms with Crippen LogP contribution in [0.5, 0.6) is 0 Å². The number of anilines is 1. The Hall–Kier alpha value is -1.92. The van der Waals surface area contributed by atoms with E-state index in [1.165, 1.54) is 0 Å². The molecule has 0 bridgehead atoms. The van der Waals surface area contributed by atoms with Gasteiger partial charge in [-0.25, -0.2) is 9.78 Å². The van der Waals surface area contributed by atoms with Gasteiger partial charge < -0.3 is 15.4 Å². The maximum absolute atomic E-state index is 11.7. The molecule has 0 spiro atoms. The van der Waals surface area contributed by atoms with E-state index in [1.807, 2.05) is 36.6 Å². The van der Waals surface area contributed by atoms with Crippen LogP contribution in [0.2, 0.25) is 0 Å². The van der Waals surface area contributed by atoms with Crippen LogP contribution in [-0.2, 0) is 4.74 Å². The molecular weight excluding hydrogens is 286 g/mol. The molecule has 0 fully saturated rings. The maximum atomic E-state index is 11.7. The van der Waals surface area contributed by atoms with E-state index in [2.05, 4.69) is 15.6 Å². The molecule has 0 unspecified atom stereocenters. The summed E-state index contributed by atoms with van der Waals surface area (Å²) >= 11 is 1.62. The average molecular weight is 305 g/mol. The van der Waals surface area contributed by atoms with Crippen LogP contribution in [0.1, 0.15) is 12.1 Å². The molecular formula is C15H19N3O2S. The lowest BCUT2D eigenvalue weighted by atomic mass is 10.2. The molecule has 0 saturated heterocycles. The Balaban J connectivity index is 1.86. The standard InChI is InChI=1S/C15H19N3O2S/c1-11-10-21-14(17-11)12-4-6-13(7-5-12)18-15(19)16-8-3-9-20-2/h4-7,10H,3,8-9H2,1-2H3,(H2,16,18,19). The van der Waals surface area contributed by atoms with Crippen molar-refractivity contribution in [2.24, 2.45) is 0 Å². The number of rotatable bonds is 6. The number of nitrogens with one attached hydrogen (secondary N) is 2. The molecule has 0 atom stereocenters. The monoisotopic (exact) mass is 305 g/mol. The topological polar surface area (TPSA) is 63.2 Å². The zero-order chi connectivity index (χ0) is 15.1. The summed E-state index contributed by atoms with van der Waals surface area (Å²) in [7, 11) is 1.64. The number of nitrogens with zero attached hydrogens (tertiary/aromatic N) is 1. The number of hydrogen-bond acceptors (Lipinski definition) is 4. The second-order valence-electron chi connectivity index (χ2n) is 4.60. The molecule has 2 N–H and O–H groups in total. The number of hydrogen-bond donors (Lipinski definition) is 2. The Morgan fingerprint density at radius 2 is 2.10 bits per heavy atom. The minimum absolute atomic E-state index is 0.205. The molecule has 1 heterocycles. The normalized spacial score (nSPS) is 10.4. The number of benzene rings is 1. The number of aryl methyl sites for hydroxylation is 1. The highest BCUT2D eigenvalue weighted by Gasteiger charge is 2.04. The largest absolute Gasteiger partial charge is 0.385 e. The zero-order valence-electron chi connectivity index (χ0n) is 12.2. The molecule has 0 aliphatic heterocycles. The van der Waals surface area contributed by atoms with Gasteiger partial charge in [-0.1, -0.05) is 0 Å². The molecule has 0 aliphatic rings. The van der Waals surface area contributed by atoms with Crippen molar-refractivity contribution in [3.63, 3.8) is 0 Å². The average Bonchev–Trinajstić information content (AvgIpc) is 2.91. The predicted octanol–water partition coefficient (Wildman–Crippen LogP) is 3.28. The van der Waals surface area contributed by atoms with E-state index in [0.29, 0.717) is 13.2 Å². The molecule has 1 aromatic heterocycles. The predicted molar refractivity (Wildman–Crippen MR) is 85.8 cm³/mol. The van der Waals surface area contributed by atoms with E-state index in [-0.39, 0.29) is 6.03 Å². The lowest BCUT2D eigenvalue weighted by molar-refractivity contribution is 0.194. The molecule has 0 aliphatic carbocycles. The number of aromatic nitrogens is 1. The van der Waals surface area contributed by atoms with Gasteiger partial charge in [-0.2, -0.15) is 0 Å². The van der Waals surface area contributed by atoms with Gasteiger partial charge in [-0.15, -0.1) is 11.3 Å². The van der Waals surface area contributed by atoms with E-state index in [1.54, 1.807) is 18.4 Å². The summed E-state index contributed by atoms with van der Waals surface area (Å²) in [6.45, 7) is 3.21. The Morgan fingerprint density at radius 1 is 1.33 bits per heavy atom. The smallest absolute Gasteiger partial charge is 0.319 e. The van der Waals surface area contributed by atoms with Crippen molar-refractivity contribution in [1.29, 1.82) is 0 Å². The summed E-state index contributed by atoms with van der Waals surface area (Å²) in [5.41, 5.74) is 2.84. The Labute approximate surface area is 128 Å². The first-order valence-corrected chi connectivity index (χ1v) is 7.63. The number of amides is 2. The van der Waals surface area contributed by atoms with E-state index < -0.39 is 0 Å². The van der Waals surface area contributed by atoms with E-state index in [9.17, 15) is 4.79 Å². The quantitative estimate of drug-likeness (QED) is 0.805. The van der Waals surface area contributed by atoms with Gasteiger partial charge in [0.1, 0.15) is 5.01 Å². The van der Waals surface area contributed by atoms with Crippen LogP contribution in [0.3, 0.4) is 0 Å². The van der Waals surface area contributed by atoms with Crippen LogP contribution >= 0.6 is 11.3 Å². The first-order valence-electron chi connectivity index (χ1n) is 6.75. The van der Waals surface area contributed by atoms with Crippen molar-refractivity contribution in [3.05, 3.63) is 35.3 Å². The van der Waals surface area contributed by atoms with Crippen molar-refractivity contribution in [2.75, 3.05) is 25.6 Å². The number of carbonyl (C=O) groups excluding carboxylic acids is 1. The number of methoxy groups -OCH3 is 1. The van der Waals surface area contributed by atoms with Crippen molar-refractivity contribution in [3.8, 4) is 10.6 Å². The van der Waals surface area contributed by atoms with Crippen molar-refractivity contribution < 1.29 is 9.53 Å². The highest BCUT2D eigenvalue weighted by Crippen LogP contribution is 2.24. The highest BCUT2D eigenvalue weighted by molar-refractivity contribution is 7.13. The summed E-state index contributed by atoms with van der Waals surface area (Å²) in [6, 6.07) is 7.46. The SMILES string of the molecule is COCCCNC(=O)Nc1ccc(-c2nc(C)cs2)cc1. The summed E-state index contributed by atoms with van der Waals surface area (Å²) in [6.07, 6.45) is 0.798. The first-order chi connectivity index (χ1) is 10.2. The van der Waals surface area contributed by atoms with Gasteiger partial charge in [-0.3, -0.25) is 0 Å². The molecule has 5 nitrogen and oxygen atoms in total. The summed E-state index contributed by atoms with van der Waals surface area (Å²) in [4.78, 5) is 16.1. The number of urea groups is 1. The van der Waals surface area contributed by atoms with Crippen molar-refractivity contribution in [1.82, 2.24) is 10.3 Å². The maximum Gasteiger partial charge on any atom is 0.319 e. The fraction of sp³-hybridized carbons (Fsp3) is 0.333. The summed E-state index contributed by atoms with van der Waals surface area (Å²) in [5, 5.41) is 8.58. The second kappa shape index (κ2) is 7.75. The van der Waals surface area contributed by atoms with Gasteiger partial charge in [0, 0.05) is 42.6 Å². The number of ether oxygens (including phenoxy) is 1. The van der Waals surface area contributed by atoms with Crippen LogP contribution < -0.4 is 10.6 Å². The van der Waals surface area contributed by atoms with Gasteiger partial charge in [0.25, 0.3) is 0 Å². The third-order valence-electron chi connectivity index (χ3n) is 2.82. The van der Waals surface area contributed by atoms with Gasteiger partial charge in [0.15, 0.2) is 0 Å². The minimum atomic E-state index is -0.205. The van der Waals surface area contributed by atoms with Crippen molar-refractivity contribution in [2.45, 2.75) is 13.3 Å². The molecule has 6 heteroatoms. The Bertz CT molecular complexity index is 581. The molecule has 2 aromatic rings. The van der Waals surface area contributed by atoms with Gasteiger partial charge in [0.2, 0.25) is 0 Å². The number of carbonyl (C=O) groups is 1. The Morgan fingerprint density at radius 3 is 2.71 bits per heavy atom. The van der Waals surface area contributed by atoms with E-state index in [0.717, 1.165) is 28.4 Å². The number of thiazole rings is 1. The summed E-state index contributed by atoms with van der Waals surface area (Å²) in [5.74, 6) is 0. The van der Waals surface area contributed by atoms with Crippen LogP contribution in [0.4, 0.5) is 10.5 Å².